The van der Waals surface area contributed by atoms with E-state index in [0.29, 0.717) is 0 Å². The third kappa shape index (κ3) is 2.22. The largest absolute Gasteiger partial charge is 0.348 e. The Morgan fingerprint density at radius 3 is 2.39 bits per heavy atom. The van der Waals surface area contributed by atoms with Crippen LogP contribution in [-0.4, -0.2) is 4.57 Å². The highest BCUT2D eigenvalue weighted by molar-refractivity contribution is 5.63. The molecule has 0 aliphatic heterocycles. The average Bonchev–Trinajstić information content (AvgIpc) is 2.83. The highest BCUT2D eigenvalue weighted by atomic mass is 15.0. The average molecular weight is 239 g/mol. The number of hydrogen-bond acceptors (Lipinski definition) is 0. The lowest BCUT2D eigenvalue weighted by atomic mass is 9.95. The molecule has 0 radical (unpaired) electrons. The van der Waals surface area contributed by atoms with Gasteiger partial charge in [0.2, 0.25) is 0 Å². The summed E-state index contributed by atoms with van der Waals surface area (Å²) in [6, 6.07) is 13.8. The van der Waals surface area contributed by atoms with Crippen LogP contribution in [-0.2, 0) is 0 Å². The van der Waals surface area contributed by atoms with Crippen molar-refractivity contribution in [1.29, 1.82) is 0 Å². The minimum absolute atomic E-state index is 0.733. The number of nitrogens with zero attached hydrogens (tertiary/aromatic N) is 1. The highest BCUT2D eigenvalue weighted by Crippen LogP contribution is 2.32. The number of hydrogen-bond donors (Lipinski definition) is 0. The number of aromatic nitrogens is 1. The third-order valence-corrected chi connectivity index (χ3v) is 4.13. The standard InChI is InChI=1S/C17H21N/c1-14-12-16(15-8-4-2-5-9-15)13-18(14)17-10-6-3-7-11-17/h2,4-5,8-9,12-13,17H,3,6-7,10-11H2,1H3. The first kappa shape index (κ1) is 11.6. The lowest BCUT2D eigenvalue weighted by Crippen LogP contribution is -2.12. The van der Waals surface area contributed by atoms with Crippen LogP contribution in [0.15, 0.2) is 42.6 Å². The fourth-order valence-electron chi connectivity index (χ4n) is 3.13. The van der Waals surface area contributed by atoms with Crippen molar-refractivity contribution in [2.75, 3.05) is 0 Å². The van der Waals surface area contributed by atoms with E-state index in [1.54, 1.807) is 0 Å². The van der Waals surface area contributed by atoms with Gasteiger partial charge in [0.1, 0.15) is 0 Å². The van der Waals surface area contributed by atoms with Crippen molar-refractivity contribution in [2.24, 2.45) is 0 Å². The van der Waals surface area contributed by atoms with E-state index in [2.05, 4.69) is 54.1 Å². The van der Waals surface area contributed by atoms with E-state index in [1.807, 2.05) is 0 Å². The summed E-state index contributed by atoms with van der Waals surface area (Å²) in [6.45, 7) is 2.24. The molecule has 1 aromatic heterocycles. The third-order valence-electron chi connectivity index (χ3n) is 4.13. The number of benzene rings is 1. The van der Waals surface area contributed by atoms with Gasteiger partial charge in [0.25, 0.3) is 0 Å². The molecule has 1 fully saturated rings. The molecule has 1 nitrogen and oxygen atoms in total. The second-order valence-corrected chi connectivity index (χ2v) is 5.44. The van der Waals surface area contributed by atoms with E-state index in [0.717, 1.165) is 6.04 Å². The molecule has 18 heavy (non-hydrogen) atoms. The molecular formula is C17H21N. The predicted octanol–water partition coefficient (Wildman–Crippen LogP) is 4.97. The van der Waals surface area contributed by atoms with Gasteiger partial charge in [-0.05, 0) is 37.0 Å². The zero-order valence-electron chi connectivity index (χ0n) is 11.1. The molecule has 0 unspecified atom stereocenters. The van der Waals surface area contributed by atoms with Crippen LogP contribution in [0.2, 0.25) is 0 Å². The van der Waals surface area contributed by atoms with E-state index < -0.39 is 0 Å². The van der Waals surface area contributed by atoms with Gasteiger partial charge in [0.15, 0.2) is 0 Å². The summed E-state index contributed by atoms with van der Waals surface area (Å²) in [5.74, 6) is 0. The molecule has 0 bridgehead atoms. The van der Waals surface area contributed by atoms with Crippen LogP contribution in [0.3, 0.4) is 0 Å². The van der Waals surface area contributed by atoms with Gasteiger partial charge in [-0.3, -0.25) is 0 Å². The lowest BCUT2D eigenvalue weighted by molar-refractivity contribution is 0.350. The van der Waals surface area contributed by atoms with E-state index in [4.69, 9.17) is 0 Å². The van der Waals surface area contributed by atoms with Gasteiger partial charge in [0, 0.05) is 17.9 Å². The smallest absolute Gasteiger partial charge is 0.0333 e. The Hall–Kier alpha value is -1.50. The maximum atomic E-state index is 2.50. The van der Waals surface area contributed by atoms with Crippen molar-refractivity contribution in [2.45, 2.75) is 45.1 Å². The minimum atomic E-state index is 0.733. The number of aryl methyl sites for hydroxylation is 1. The zero-order valence-corrected chi connectivity index (χ0v) is 11.1. The quantitative estimate of drug-likeness (QED) is 0.697. The summed E-state index contributed by atoms with van der Waals surface area (Å²) >= 11 is 0. The van der Waals surface area contributed by atoms with Gasteiger partial charge in [0.05, 0.1) is 0 Å². The van der Waals surface area contributed by atoms with E-state index in [1.165, 1.54) is 48.9 Å². The molecule has 0 N–H and O–H groups in total. The van der Waals surface area contributed by atoms with Crippen molar-refractivity contribution >= 4 is 0 Å². The van der Waals surface area contributed by atoms with Crippen molar-refractivity contribution in [3.05, 3.63) is 48.3 Å². The van der Waals surface area contributed by atoms with Gasteiger partial charge in [-0.15, -0.1) is 0 Å². The molecule has 3 rings (SSSR count). The molecule has 0 amide bonds. The summed E-state index contributed by atoms with van der Waals surface area (Å²) < 4.78 is 2.50. The van der Waals surface area contributed by atoms with Crippen LogP contribution in [0.4, 0.5) is 0 Å². The first-order valence-electron chi connectivity index (χ1n) is 7.08. The van der Waals surface area contributed by atoms with Gasteiger partial charge in [-0.25, -0.2) is 0 Å². The summed E-state index contributed by atoms with van der Waals surface area (Å²) in [7, 11) is 0. The summed E-state index contributed by atoms with van der Waals surface area (Å²) in [6.07, 6.45) is 9.25. The number of rotatable bonds is 2. The fraction of sp³-hybridized carbons (Fsp3) is 0.412. The van der Waals surface area contributed by atoms with Crippen LogP contribution < -0.4 is 0 Å². The van der Waals surface area contributed by atoms with Gasteiger partial charge < -0.3 is 4.57 Å². The molecule has 1 aromatic carbocycles. The van der Waals surface area contributed by atoms with Crippen LogP contribution in [0.5, 0.6) is 0 Å². The fourth-order valence-corrected chi connectivity index (χ4v) is 3.13. The molecule has 0 atom stereocenters. The molecule has 1 saturated carbocycles. The Morgan fingerprint density at radius 2 is 1.67 bits per heavy atom. The second kappa shape index (κ2) is 5.01. The van der Waals surface area contributed by atoms with Crippen LogP contribution >= 0.6 is 0 Å². The molecule has 94 valence electrons. The lowest BCUT2D eigenvalue weighted by Gasteiger charge is -2.24. The zero-order chi connectivity index (χ0) is 12.4. The Kier molecular flexibility index (Phi) is 3.22. The van der Waals surface area contributed by atoms with Crippen LogP contribution in [0.1, 0.15) is 43.8 Å². The van der Waals surface area contributed by atoms with Gasteiger partial charge in [-0.1, -0.05) is 49.6 Å². The minimum Gasteiger partial charge on any atom is -0.348 e. The van der Waals surface area contributed by atoms with Crippen molar-refractivity contribution in [1.82, 2.24) is 4.57 Å². The van der Waals surface area contributed by atoms with Crippen LogP contribution in [0.25, 0.3) is 11.1 Å². The Labute approximate surface area is 109 Å². The molecule has 1 aliphatic carbocycles. The first-order valence-corrected chi connectivity index (χ1v) is 7.08. The van der Waals surface area contributed by atoms with Crippen molar-refractivity contribution in [3.8, 4) is 11.1 Å². The highest BCUT2D eigenvalue weighted by Gasteiger charge is 2.17. The Balaban J connectivity index is 1.91. The van der Waals surface area contributed by atoms with Crippen LogP contribution in [0, 0.1) is 6.92 Å². The predicted molar refractivity (Wildman–Crippen MR) is 76.7 cm³/mol. The van der Waals surface area contributed by atoms with Gasteiger partial charge in [-0.2, -0.15) is 0 Å². The van der Waals surface area contributed by atoms with E-state index >= 15 is 0 Å². The second-order valence-electron chi connectivity index (χ2n) is 5.44. The molecule has 1 heterocycles. The SMILES string of the molecule is Cc1cc(-c2ccccc2)cn1C1CCCCC1. The summed E-state index contributed by atoms with van der Waals surface area (Å²) in [4.78, 5) is 0. The van der Waals surface area contributed by atoms with Gasteiger partial charge >= 0.3 is 0 Å². The van der Waals surface area contributed by atoms with E-state index in [9.17, 15) is 0 Å². The van der Waals surface area contributed by atoms with Crippen molar-refractivity contribution < 1.29 is 0 Å². The Morgan fingerprint density at radius 1 is 0.944 bits per heavy atom. The van der Waals surface area contributed by atoms with E-state index in [-0.39, 0.29) is 0 Å². The monoisotopic (exact) mass is 239 g/mol. The maximum Gasteiger partial charge on any atom is 0.0333 e. The molecule has 1 aliphatic rings. The molecular weight excluding hydrogens is 218 g/mol. The van der Waals surface area contributed by atoms with Crippen molar-refractivity contribution in [3.63, 3.8) is 0 Å². The molecule has 0 saturated heterocycles. The molecule has 2 aromatic rings. The summed E-state index contributed by atoms with van der Waals surface area (Å²) in [5, 5.41) is 0. The first-order chi connectivity index (χ1) is 8.84. The topological polar surface area (TPSA) is 4.93 Å². The maximum absolute atomic E-state index is 2.50. The molecule has 0 spiro atoms. The Bertz CT molecular complexity index is 504. The summed E-state index contributed by atoms with van der Waals surface area (Å²) in [5.41, 5.74) is 4.09. The normalized spacial score (nSPS) is 16.9. The molecule has 1 heteroatoms.